The summed E-state index contributed by atoms with van der Waals surface area (Å²) in [5, 5.41) is 7.55. The molecule has 190 valence electrons. The third-order valence-electron chi connectivity index (χ3n) is 6.04. The molecule has 2 N–H and O–H groups in total. The van der Waals surface area contributed by atoms with Gasteiger partial charge < -0.3 is 20.1 Å². The highest BCUT2D eigenvalue weighted by atomic mass is 79.9. The summed E-state index contributed by atoms with van der Waals surface area (Å²) < 4.78 is 13.2. The van der Waals surface area contributed by atoms with Crippen LogP contribution in [0.25, 0.3) is 12.2 Å². The number of hydrogen-bond donors (Lipinski definition) is 2. The van der Waals surface area contributed by atoms with Crippen LogP contribution in [0.15, 0.2) is 65.4 Å². The predicted octanol–water partition coefficient (Wildman–Crippen LogP) is 6.26. The van der Waals surface area contributed by atoms with Gasteiger partial charge in [-0.05, 0) is 78.4 Å². The van der Waals surface area contributed by atoms with Crippen LogP contribution < -0.4 is 20.1 Å². The van der Waals surface area contributed by atoms with E-state index in [1.807, 2.05) is 54.9 Å². The summed E-state index contributed by atoms with van der Waals surface area (Å²) in [5.74, 6) is 2.41. The van der Waals surface area contributed by atoms with Gasteiger partial charge in [0, 0.05) is 54.0 Å². The average molecular weight is 571 g/mol. The van der Waals surface area contributed by atoms with Crippen LogP contribution >= 0.6 is 27.5 Å². The van der Waals surface area contributed by atoms with Crippen LogP contribution in [0.4, 0.5) is 0 Å². The SMILES string of the molecule is Clc1ccc(/C=C/c2cc(OCCCCNCC3CNC3)cc(OCCc3ccncc3)c2)c(Br)c1. The molecular weight excluding hydrogens is 538 g/mol. The summed E-state index contributed by atoms with van der Waals surface area (Å²) in [6, 6.07) is 15.9. The van der Waals surface area contributed by atoms with E-state index in [0.29, 0.717) is 18.2 Å². The maximum Gasteiger partial charge on any atom is 0.123 e. The van der Waals surface area contributed by atoms with Crippen molar-refractivity contribution in [1.82, 2.24) is 15.6 Å². The lowest BCUT2D eigenvalue weighted by molar-refractivity contribution is 0.293. The zero-order chi connectivity index (χ0) is 25.0. The topological polar surface area (TPSA) is 55.4 Å². The van der Waals surface area contributed by atoms with Crippen molar-refractivity contribution in [2.75, 3.05) is 39.4 Å². The molecule has 1 saturated heterocycles. The Hall–Kier alpha value is -2.38. The molecule has 1 aromatic heterocycles. The van der Waals surface area contributed by atoms with Gasteiger partial charge in [0.15, 0.2) is 0 Å². The number of benzene rings is 2. The van der Waals surface area contributed by atoms with Gasteiger partial charge in [0.2, 0.25) is 0 Å². The van der Waals surface area contributed by atoms with E-state index in [-0.39, 0.29) is 0 Å². The van der Waals surface area contributed by atoms with Gasteiger partial charge in [0.1, 0.15) is 11.5 Å². The quantitative estimate of drug-likeness (QED) is 0.177. The van der Waals surface area contributed by atoms with Gasteiger partial charge in [0.05, 0.1) is 13.2 Å². The Morgan fingerprint density at radius 3 is 2.47 bits per heavy atom. The first-order valence-corrected chi connectivity index (χ1v) is 13.7. The largest absolute Gasteiger partial charge is 0.493 e. The van der Waals surface area contributed by atoms with E-state index in [1.54, 1.807) is 0 Å². The Labute approximate surface area is 227 Å². The molecule has 7 heteroatoms. The van der Waals surface area contributed by atoms with Crippen molar-refractivity contribution in [2.24, 2.45) is 5.92 Å². The van der Waals surface area contributed by atoms with Crippen LogP contribution in [0.2, 0.25) is 5.02 Å². The summed E-state index contributed by atoms with van der Waals surface area (Å²) in [6.07, 6.45) is 10.7. The molecule has 1 aliphatic rings. The molecule has 2 heterocycles. The Kier molecular flexibility index (Phi) is 10.7. The monoisotopic (exact) mass is 569 g/mol. The number of unbranched alkanes of at least 4 members (excludes halogenated alkanes) is 1. The predicted molar refractivity (Wildman–Crippen MR) is 152 cm³/mol. The van der Waals surface area contributed by atoms with Gasteiger partial charge in [-0.25, -0.2) is 0 Å². The van der Waals surface area contributed by atoms with Gasteiger partial charge in [0.25, 0.3) is 0 Å². The van der Waals surface area contributed by atoms with Gasteiger partial charge in [-0.2, -0.15) is 0 Å². The lowest BCUT2D eigenvalue weighted by Gasteiger charge is -2.27. The fraction of sp³-hybridized carbons (Fsp3) is 0.345. The zero-order valence-electron chi connectivity index (χ0n) is 20.4. The smallest absolute Gasteiger partial charge is 0.123 e. The Balaban J connectivity index is 1.34. The van der Waals surface area contributed by atoms with E-state index in [2.05, 4.69) is 49.8 Å². The van der Waals surface area contributed by atoms with Crippen molar-refractivity contribution in [1.29, 1.82) is 0 Å². The third-order valence-corrected chi connectivity index (χ3v) is 6.97. The number of nitrogens with zero attached hydrogens (tertiary/aromatic N) is 1. The van der Waals surface area contributed by atoms with Crippen LogP contribution in [0.3, 0.4) is 0 Å². The van der Waals surface area contributed by atoms with Crippen LogP contribution in [-0.2, 0) is 6.42 Å². The van der Waals surface area contributed by atoms with Gasteiger partial charge in [-0.15, -0.1) is 0 Å². The second-order valence-electron chi connectivity index (χ2n) is 8.97. The molecule has 0 aliphatic carbocycles. The number of ether oxygens (including phenoxy) is 2. The molecular formula is C29H33BrClN3O2. The molecule has 1 aliphatic heterocycles. The minimum atomic E-state index is 0.585. The standard InChI is InChI=1S/C29H33BrClN3O2/c30-29-17-26(31)6-5-25(29)4-3-23-15-27(35-13-2-1-10-33-19-24-20-34-21-24)18-28(16-23)36-14-9-22-7-11-32-12-8-22/h3-8,11-12,15-18,24,33-34H,1-2,9-10,13-14,19-21H2/b4-3+. The molecule has 1 fully saturated rings. The van der Waals surface area contributed by atoms with E-state index in [9.17, 15) is 0 Å². The van der Waals surface area contributed by atoms with Crippen molar-refractivity contribution in [3.63, 3.8) is 0 Å². The number of aromatic nitrogens is 1. The number of halogens is 2. The Bertz CT molecular complexity index is 1120. The molecule has 5 nitrogen and oxygen atoms in total. The summed E-state index contributed by atoms with van der Waals surface area (Å²) >= 11 is 9.67. The minimum Gasteiger partial charge on any atom is -0.493 e. The van der Waals surface area contributed by atoms with E-state index in [4.69, 9.17) is 21.1 Å². The second-order valence-corrected chi connectivity index (χ2v) is 10.3. The summed E-state index contributed by atoms with van der Waals surface area (Å²) in [5.41, 5.74) is 3.27. The first-order chi connectivity index (χ1) is 17.7. The van der Waals surface area contributed by atoms with E-state index in [0.717, 1.165) is 78.5 Å². The fourth-order valence-electron chi connectivity index (χ4n) is 3.86. The number of pyridine rings is 1. The molecule has 36 heavy (non-hydrogen) atoms. The van der Waals surface area contributed by atoms with Crippen molar-refractivity contribution in [3.8, 4) is 11.5 Å². The third kappa shape index (κ3) is 8.93. The highest BCUT2D eigenvalue weighted by Crippen LogP contribution is 2.27. The number of nitrogens with one attached hydrogen (secondary N) is 2. The Morgan fingerprint density at radius 2 is 1.75 bits per heavy atom. The molecule has 0 saturated carbocycles. The highest BCUT2D eigenvalue weighted by molar-refractivity contribution is 9.10. The molecule has 3 aromatic rings. The Morgan fingerprint density at radius 1 is 0.972 bits per heavy atom. The first-order valence-electron chi connectivity index (χ1n) is 12.5. The highest BCUT2D eigenvalue weighted by Gasteiger charge is 2.15. The lowest BCUT2D eigenvalue weighted by atomic mass is 10.0. The van der Waals surface area contributed by atoms with Crippen LogP contribution in [0, 0.1) is 5.92 Å². The number of hydrogen-bond acceptors (Lipinski definition) is 5. The minimum absolute atomic E-state index is 0.585. The van der Waals surface area contributed by atoms with Crippen molar-refractivity contribution in [3.05, 3.63) is 87.1 Å². The summed E-state index contributed by atoms with van der Waals surface area (Å²) in [6.45, 7) is 5.68. The van der Waals surface area contributed by atoms with Crippen molar-refractivity contribution >= 4 is 39.7 Å². The molecule has 2 aromatic carbocycles. The van der Waals surface area contributed by atoms with Gasteiger partial charge in [-0.1, -0.05) is 45.7 Å². The number of rotatable bonds is 14. The van der Waals surface area contributed by atoms with E-state index in [1.165, 1.54) is 5.56 Å². The first kappa shape index (κ1) is 26.7. The maximum atomic E-state index is 6.12. The fourth-order valence-corrected chi connectivity index (χ4v) is 4.67. The van der Waals surface area contributed by atoms with Gasteiger partial charge in [-0.3, -0.25) is 4.98 Å². The molecule has 0 radical (unpaired) electrons. The molecule has 0 unspecified atom stereocenters. The molecule has 4 rings (SSSR count). The average Bonchev–Trinajstić information content (AvgIpc) is 2.85. The van der Waals surface area contributed by atoms with Crippen LogP contribution in [0.1, 0.15) is 29.5 Å². The van der Waals surface area contributed by atoms with Gasteiger partial charge >= 0.3 is 0 Å². The summed E-state index contributed by atoms with van der Waals surface area (Å²) in [7, 11) is 0. The molecule has 0 spiro atoms. The molecule has 0 bridgehead atoms. The van der Waals surface area contributed by atoms with Crippen LogP contribution in [0.5, 0.6) is 11.5 Å². The molecule has 0 atom stereocenters. The molecule has 0 amide bonds. The maximum absolute atomic E-state index is 6.12. The van der Waals surface area contributed by atoms with E-state index < -0.39 is 0 Å². The normalized spacial score (nSPS) is 13.6. The zero-order valence-corrected chi connectivity index (χ0v) is 22.7. The summed E-state index contributed by atoms with van der Waals surface area (Å²) in [4.78, 5) is 4.08. The lowest BCUT2D eigenvalue weighted by Crippen LogP contribution is -2.47. The van der Waals surface area contributed by atoms with E-state index >= 15 is 0 Å². The van der Waals surface area contributed by atoms with Crippen molar-refractivity contribution in [2.45, 2.75) is 19.3 Å². The van der Waals surface area contributed by atoms with Crippen LogP contribution in [-0.4, -0.2) is 44.4 Å². The second kappa shape index (κ2) is 14.4. The van der Waals surface area contributed by atoms with Crippen molar-refractivity contribution < 1.29 is 9.47 Å².